The number of hydrogen-bond donors (Lipinski definition) is 1. The van der Waals surface area contributed by atoms with E-state index in [-0.39, 0.29) is 5.78 Å². The molecular formula is C45H64N2O3. The van der Waals surface area contributed by atoms with Crippen molar-refractivity contribution < 1.29 is 14.6 Å². The van der Waals surface area contributed by atoms with Gasteiger partial charge in [0.25, 0.3) is 0 Å². The van der Waals surface area contributed by atoms with Crippen LogP contribution in [0.4, 0.5) is 5.69 Å². The van der Waals surface area contributed by atoms with E-state index in [9.17, 15) is 9.90 Å². The molecule has 3 atom stereocenters. The van der Waals surface area contributed by atoms with Crippen LogP contribution in [-0.2, 0) is 4.79 Å². The van der Waals surface area contributed by atoms with Gasteiger partial charge in [-0.25, -0.2) is 0 Å². The van der Waals surface area contributed by atoms with E-state index in [1.165, 1.54) is 18.9 Å². The van der Waals surface area contributed by atoms with Crippen molar-refractivity contribution in [1.82, 2.24) is 4.90 Å². The number of carbonyl (C=O) groups excluding carboxylic acids is 1. The van der Waals surface area contributed by atoms with Crippen LogP contribution < -0.4 is 9.64 Å². The summed E-state index contributed by atoms with van der Waals surface area (Å²) in [5.74, 6) is 2.65. The summed E-state index contributed by atoms with van der Waals surface area (Å²) in [4.78, 5) is 15.6. The highest BCUT2D eigenvalue weighted by atomic mass is 16.5. The zero-order valence-corrected chi connectivity index (χ0v) is 32.3. The molecule has 0 saturated carbocycles. The average molecular weight is 681 g/mol. The summed E-state index contributed by atoms with van der Waals surface area (Å²) in [7, 11) is 2.04. The van der Waals surface area contributed by atoms with Gasteiger partial charge in [-0.1, -0.05) is 128 Å². The molecule has 0 saturated heterocycles. The number of ketones is 1. The Bertz CT molecular complexity index is 1450. The highest BCUT2D eigenvalue weighted by Gasteiger charge is 2.24. The van der Waals surface area contributed by atoms with Gasteiger partial charge >= 0.3 is 0 Å². The first-order chi connectivity index (χ1) is 24.0. The number of nitrogens with zero attached hydrogens (tertiary/aromatic N) is 2. The summed E-state index contributed by atoms with van der Waals surface area (Å²) in [5, 5.41) is 10.3. The van der Waals surface area contributed by atoms with Gasteiger partial charge in [-0.15, -0.1) is 0 Å². The maximum Gasteiger partial charge on any atom is 0.135 e. The van der Waals surface area contributed by atoms with E-state index >= 15 is 0 Å². The van der Waals surface area contributed by atoms with E-state index in [1.54, 1.807) is 13.0 Å². The molecule has 0 spiro atoms. The van der Waals surface area contributed by atoms with Gasteiger partial charge in [-0.05, 0) is 86.1 Å². The lowest BCUT2D eigenvalue weighted by molar-refractivity contribution is -0.123. The number of Topliss-reactive ketones (excluding diaryl/α,β-unsaturated/α-hetero) is 1. The van der Waals surface area contributed by atoms with Crippen molar-refractivity contribution in [1.29, 1.82) is 0 Å². The third-order valence-corrected chi connectivity index (χ3v) is 8.81. The van der Waals surface area contributed by atoms with Gasteiger partial charge in [0.2, 0.25) is 0 Å². The predicted molar refractivity (Wildman–Crippen MR) is 216 cm³/mol. The molecule has 3 rings (SSSR count). The summed E-state index contributed by atoms with van der Waals surface area (Å²) in [6.45, 7) is 26.2. The molecular weight excluding hydrogens is 617 g/mol. The summed E-state index contributed by atoms with van der Waals surface area (Å²) >= 11 is 0. The quantitative estimate of drug-likeness (QED) is 0.107. The Morgan fingerprint density at radius 1 is 0.900 bits per heavy atom. The van der Waals surface area contributed by atoms with Crippen LogP contribution in [0.5, 0.6) is 5.75 Å². The van der Waals surface area contributed by atoms with E-state index in [0.717, 1.165) is 60.7 Å². The Balaban J connectivity index is 0.000000483. The van der Waals surface area contributed by atoms with Crippen LogP contribution >= 0.6 is 0 Å². The number of aliphatic hydroxyl groups excluding tert-OH is 1. The molecule has 0 bridgehead atoms. The molecule has 3 aromatic rings. The number of rotatable bonds is 18. The van der Waals surface area contributed by atoms with Gasteiger partial charge in [-0.2, -0.15) is 0 Å². The van der Waals surface area contributed by atoms with E-state index < -0.39 is 12.0 Å². The predicted octanol–water partition coefficient (Wildman–Crippen LogP) is 11.0. The van der Waals surface area contributed by atoms with Crippen molar-refractivity contribution in [2.45, 2.75) is 74.3 Å². The van der Waals surface area contributed by atoms with E-state index in [2.05, 4.69) is 81.3 Å². The minimum Gasteiger partial charge on any atom is -0.457 e. The Morgan fingerprint density at radius 2 is 1.50 bits per heavy atom. The lowest BCUT2D eigenvalue weighted by Crippen LogP contribution is -2.39. The van der Waals surface area contributed by atoms with Crippen molar-refractivity contribution in [3.8, 4) is 16.9 Å². The third-order valence-electron chi connectivity index (χ3n) is 8.81. The minimum atomic E-state index is -0.820. The monoisotopic (exact) mass is 680 g/mol. The van der Waals surface area contributed by atoms with Crippen molar-refractivity contribution in [3.05, 3.63) is 134 Å². The number of anilines is 1. The van der Waals surface area contributed by atoms with Gasteiger partial charge < -0.3 is 19.6 Å². The molecule has 0 aliphatic rings. The normalized spacial score (nSPS) is 12.8. The Labute approximate surface area is 304 Å². The van der Waals surface area contributed by atoms with Crippen molar-refractivity contribution >= 4 is 11.5 Å². The second kappa shape index (κ2) is 24.7. The molecule has 3 aromatic carbocycles. The van der Waals surface area contributed by atoms with E-state index in [1.807, 2.05) is 93.4 Å². The molecule has 0 radical (unpaired) electrons. The van der Waals surface area contributed by atoms with Crippen LogP contribution in [0.3, 0.4) is 0 Å². The van der Waals surface area contributed by atoms with Crippen LogP contribution in [0, 0.1) is 17.8 Å². The summed E-state index contributed by atoms with van der Waals surface area (Å²) in [6.07, 6.45) is 9.33. The van der Waals surface area contributed by atoms with Crippen LogP contribution in [0.1, 0.15) is 68.2 Å². The number of carbonyl (C=O) groups is 1. The largest absolute Gasteiger partial charge is 0.457 e. The number of aliphatic hydroxyl groups is 1. The summed E-state index contributed by atoms with van der Waals surface area (Å²) in [5.41, 5.74) is 4.11. The fourth-order valence-electron chi connectivity index (χ4n) is 4.92. The standard InChI is InChI=1S/C25H30O.C18H28N2O2.C2H6/c1-5-12-24(17-10-9-13-21(4)20(2)3)26-25-18-11-16-23(19-25)22-14-7-6-8-15-22;1-6-20(15(3)18(22)14(2)16(4)21)13-12-19(5)17-10-8-7-9-11-17;1-2/h5-8,10-12,14-21H,1,9,13H2,2-4H3;7-11,14,18,22H,3,6,12-13H2,1-2,4-5H3;1-2H3/b17-10-,24-12+;;. The number of hydrogen-bond acceptors (Lipinski definition) is 5. The molecule has 50 heavy (non-hydrogen) atoms. The second-order valence-corrected chi connectivity index (χ2v) is 12.7. The smallest absolute Gasteiger partial charge is 0.135 e. The Hall–Kier alpha value is -4.35. The van der Waals surface area contributed by atoms with E-state index in [0.29, 0.717) is 5.70 Å². The first kappa shape index (κ1) is 43.7. The first-order valence-corrected chi connectivity index (χ1v) is 18.2. The zero-order chi connectivity index (χ0) is 37.5. The van der Waals surface area contributed by atoms with Crippen LogP contribution in [-0.4, -0.2) is 48.6 Å². The fourth-order valence-corrected chi connectivity index (χ4v) is 4.92. The molecule has 0 aliphatic carbocycles. The molecule has 0 aliphatic heterocycles. The van der Waals surface area contributed by atoms with Crippen LogP contribution in [0.25, 0.3) is 11.1 Å². The van der Waals surface area contributed by atoms with Crippen molar-refractivity contribution in [3.63, 3.8) is 0 Å². The lowest BCUT2D eigenvalue weighted by atomic mass is 9.93. The Kier molecular flexibility index (Phi) is 21.6. The maximum absolute atomic E-state index is 11.4. The molecule has 5 heteroatoms. The number of ether oxygens (including phenoxy) is 1. The fraction of sp³-hybridized carbons (Fsp3) is 0.400. The first-order valence-electron chi connectivity index (χ1n) is 18.2. The molecule has 5 nitrogen and oxygen atoms in total. The van der Waals surface area contributed by atoms with Crippen LogP contribution in [0.15, 0.2) is 134 Å². The molecule has 0 amide bonds. The molecule has 0 heterocycles. The lowest BCUT2D eigenvalue weighted by Gasteiger charge is -2.32. The molecule has 1 N–H and O–H groups in total. The van der Waals surface area contributed by atoms with Gasteiger partial charge in [0, 0.05) is 44.0 Å². The van der Waals surface area contributed by atoms with Gasteiger partial charge in [0.15, 0.2) is 0 Å². The van der Waals surface area contributed by atoms with Crippen molar-refractivity contribution in [2.24, 2.45) is 17.8 Å². The van der Waals surface area contributed by atoms with Gasteiger partial charge in [-0.3, -0.25) is 4.79 Å². The topological polar surface area (TPSA) is 53.0 Å². The van der Waals surface area contributed by atoms with Gasteiger partial charge in [0.1, 0.15) is 23.4 Å². The SMILES string of the molecule is C=C(C(O)C(C)C(C)=O)N(CC)CCN(C)c1ccccc1.C=C/C=C(\C=C/CCC(C)C(C)C)Oc1cccc(-c2ccccc2)c1.CC. The molecule has 0 fully saturated rings. The van der Waals surface area contributed by atoms with E-state index in [4.69, 9.17) is 4.74 Å². The Morgan fingerprint density at radius 3 is 2.06 bits per heavy atom. The molecule has 3 unspecified atom stereocenters. The number of allylic oxidation sites excluding steroid dienone is 4. The second-order valence-electron chi connectivity index (χ2n) is 12.7. The average Bonchev–Trinajstić information content (AvgIpc) is 3.14. The summed E-state index contributed by atoms with van der Waals surface area (Å²) in [6, 6.07) is 28.7. The molecule has 0 aromatic heterocycles. The molecule has 272 valence electrons. The number of likely N-dealkylation sites (N-methyl/N-ethyl adjacent to an activating group) is 2. The minimum absolute atomic E-state index is 0.0221. The number of para-hydroxylation sites is 1. The highest BCUT2D eigenvalue weighted by molar-refractivity contribution is 5.78. The van der Waals surface area contributed by atoms with Gasteiger partial charge in [0.05, 0.1) is 0 Å². The highest BCUT2D eigenvalue weighted by Crippen LogP contribution is 2.25. The number of benzene rings is 3. The van der Waals surface area contributed by atoms with Crippen molar-refractivity contribution in [2.75, 3.05) is 31.6 Å². The summed E-state index contributed by atoms with van der Waals surface area (Å²) < 4.78 is 6.07. The maximum atomic E-state index is 11.4. The zero-order valence-electron chi connectivity index (χ0n) is 32.3. The van der Waals surface area contributed by atoms with Crippen LogP contribution in [0.2, 0.25) is 0 Å². The third kappa shape index (κ3) is 15.9.